The number of nitrogens with zero attached hydrogens (tertiary/aromatic N) is 6. The molecule has 1 aliphatic carbocycles. The second kappa shape index (κ2) is 8.04. The Kier molecular flexibility index (Phi) is 5.63. The van der Waals surface area contributed by atoms with Crippen LogP contribution in [-0.4, -0.2) is 75.7 Å². The third kappa shape index (κ3) is 4.31. The maximum absolute atomic E-state index is 13.0. The minimum atomic E-state index is -3.56. The first-order chi connectivity index (χ1) is 13.9. The maximum atomic E-state index is 13.0. The lowest BCUT2D eigenvalue weighted by Gasteiger charge is -2.34. The van der Waals surface area contributed by atoms with Crippen LogP contribution in [0.2, 0.25) is 0 Å². The molecule has 0 spiro atoms. The Labute approximate surface area is 174 Å². The van der Waals surface area contributed by atoms with Crippen molar-refractivity contribution in [3.8, 4) is 0 Å². The van der Waals surface area contributed by atoms with Crippen molar-refractivity contribution in [1.29, 1.82) is 0 Å². The fraction of sp³-hybridized carbons (Fsp3) is 0.556. The Hall–Kier alpha value is -1.98. The summed E-state index contributed by atoms with van der Waals surface area (Å²) < 4.78 is 29.3. The van der Waals surface area contributed by atoms with Gasteiger partial charge in [-0.3, -0.25) is 4.79 Å². The summed E-state index contributed by atoms with van der Waals surface area (Å²) in [4.78, 5) is 14.6. The van der Waals surface area contributed by atoms with E-state index in [9.17, 15) is 13.2 Å². The van der Waals surface area contributed by atoms with Crippen LogP contribution < -0.4 is 0 Å². The first-order valence-corrected chi connectivity index (χ1v) is 12.0. The van der Waals surface area contributed by atoms with Crippen LogP contribution >= 0.6 is 11.8 Å². The third-order valence-electron chi connectivity index (χ3n) is 5.23. The normalized spacial score (nSPS) is 18.2. The summed E-state index contributed by atoms with van der Waals surface area (Å²) in [6.07, 6.45) is 2.15. The van der Waals surface area contributed by atoms with Gasteiger partial charge in [-0.15, -0.1) is 5.10 Å². The quantitative estimate of drug-likeness (QED) is 0.628. The van der Waals surface area contributed by atoms with Gasteiger partial charge in [0, 0.05) is 26.2 Å². The van der Waals surface area contributed by atoms with Crippen molar-refractivity contribution in [2.24, 2.45) is 0 Å². The molecule has 1 aliphatic heterocycles. The minimum absolute atomic E-state index is 0.0240. The number of amides is 1. The molecule has 4 rings (SSSR count). The first kappa shape index (κ1) is 20.3. The van der Waals surface area contributed by atoms with Gasteiger partial charge in [0.25, 0.3) is 0 Å². The van der Waals surface area contributed by atoms with Crippen molar-refractivity contribution in [2.45, 2.75) is 42.8 Å². The van der Waals surface area contributed by atoms with Crippen LogP contribution in [0.25, 0.3) is 0 Å². The molecule has 1 amide bonds. The van der Waals surface area contributed by atoms with Gasteiger partial charge in [-0.25, -0.2) is 13.1 Å². The zero-order valence-electron chi connectivity index (χ0n) is 16.5. The predicted molar refractivity (Wildman–Crippen MR) is 108 cm³/mol. The average Bonchev–Trinajstić information content (AvgIpc) is 3.45. The molecule has 1 saturated carbocycles. The Bertz CT molecular complexity index is 1010. The second-order valence-corrected chi connectivity index (χ2v) is 10.3. The van der Waals surface area contributed by atoms with E-state index in [1.165, 1.54) is 16.1 Å². The van der Waals surface area contributed by atoms with Crippen LogP contribution in [0.4, 0.5) is 0 Å². The molecule has 1 aromatic heterocycles. The number of carbonyl (C=O) groups excluding carboxylic acids is 1. The van der Waals surface area contributed by atoms with Crippen LogP contribution in [0.3, 0.4) is 0 Å². The Morgan fingerprint density at radius 1 is 1.17 bits per heavy atom. The number of rotatable bonds is 6. The summed E-state index contributed by atoms with van der Waals surface area (Å²) in [5.41, 5.74) is 1.65. The molecule has 0 radical (unpaired) electrons. The van der Waals surface area contributed by atoms with Crippen LogP contribution in [0.5, 0.6) is 0 Å². The largest absolute Gasteiger partial charge is 0.339 e. The van der Waals surface area contributed by atoms with Crippen molar-refractivity contribution in [3.63, 3.8) is 0 Å². The van der Waals surface area contributed by atoms with E-state index < -0.39 is 10.0 Å². The topological polar surface area (TPSA) is 101 Å². The summed E-state index contributed by atoms with van der Waals surface area (Å²) in [5.74, 6) is 0.223. The number of piperazine rings is 1. The number of thioether (sulfide) groups is 1. The molecular formula is C18H24N6O3S2. The Morgan fingerprint density at radius 2 is 1.90 bits per heavy atom. The molecule has 0 unspecified atom stereocenters. The van der Waals surface area contributed by atoms with Gasteiger partial charge in [0.05, 0.1) is 16.7 Å². The van der Waals surface area contributed by atoms with Crippen molar-refractivity contribution in [1.82, 2.24) is 29.4 Å². The number of aryl methyl sites for hydroxylation is 2. The average molecular weight is 437 g/mol. The fourth-order valence-electron chi connectivity index (χ4n) is 3.35. The number of benzene rings is 1. The summed E-state index contributed by atoms with van der Waals surface area (Å²) >= 11 is 1.33. The van der Waals surface area contributed by atoms with E-state index in [0.29, 0.717) is 42.3 Å². The lowest BCUT2D eigenvalue weighted by atomic mass is 10.2. The van der Waals surface area contributed by atoms with Crippen molar-refractivity contribution < 1.29 is 13.2 Å². The molecule has 1 aromatic carbocycles. The van der Waals surface area contributed by atoms with Crippen LogP contribution in [0.1, 0.15) is 30.0 Å². The smallest absolute Gasteiger partial charge is 0.243 e. The zero-order valence-corrected chi connectivity index (χ0v) is 18.1. The number of hydrogen-bond donors (Lipinski definition) is 0. The fourth-order valence-corrected chi connectivity index (χ4v) is 5.93. The number of aromatic nitrogens is 4. The highest BCUT2D eigenvalue weighted by Crippen LogP contribution is 2.36. The Balaban J connectivity index is 1.34. The maximum Gasteiger partial charge on any atom is 0.243 e. The van der Waals surface area contributed by atoms with Crippen LogP contribution in [0, 0.1) is 13.8 Å². The van der Waals surface area contributed by atoms with E-state index in [2.05, 4.69) is 15.5 Å². The van der Waals surface area contributed by atoms with Gasteiger partial charge >= 0.3 is 0 Å². The number of tetrazole rings is 1. The molecule has 2 aromatic rings. The number of sulfonamides is 1. The molecule has 0 bridgehead atoms. The van der Waals surface area contributed by atoms with Gasteiger partial charge in [-0.05, 0) is 54.3 Å². The van der Waals surface area contributed by atoms with E-state index in [-0.39, 0.29) is 11.7 Å². The van der Waals surface area contributed by atoms with E-state index in [0.717, 1.165) is 24.0 Å². The predicted octanol–water partition coefficient (Wildman–Crippen LogP) is 1.25. The molecule has 2 heterocycles. The first-order valence-electron chi connectivity index (χ1n) is 9.62. The summed E-state index contributed by atoms with van der Waals surface area (Å²) in [6, 6.07) is 5.81. The molecule has 2 aliphatic rings. The highest BCUT2D eigenvalue weighted by molar-refractivity contribution is 7.99. The van der Waals surface area contributed by atoms with Crippen molar-refractivity contribution in [3.05, 3.63) is 29.3 Å². The molecular weight excluding hydrogens is 412 g/mol. The molecule has 9 nitrogen and oxygen atoms in total. The molecule has 0 N–H and O–H groups in total. The van der Waals surface area contributed by atoms with Crippen molar-refractivity contribution >= 4 is 27.7 Å². The SMILES string of the molecule is Cc1ccc(C)c(S(=O)(=O)N2CCN(C(=O)CSc3nnnn3C3CC3)CC2)c1. The molecule has 11 heteroatoms. The number of carbonyl (C=O) groups is 1. The van der Waals surface area contributed by atoms with Gasteiger partial charge in [0.2, 0.25) is 21.1 Å². The molecule has 1 saturated heterocycles. The summed E-state index contributed by atoms with van der Waals surface area (Å²) in [5, 5.41) is 12.3. The lowest BCUT2D eigenvalue weighted by Crippen LogP contribution is -2.51. The standard InChI is InChI=1S/C18H24N6O3S2/c1-13-3-4-14(2)16(11-13)29(26,27)23-9-7-22(8-10-23)17(25)12-28-18-19-20-21-24(18)15-5-6-15/h3-4,11,15H,5-10,12H2,1-2H3. The molecule has 2 fully saturated rings. The van der Waals surface area contributed by atoms with Gasteiger partial charge in [0.15, 0.2) is 0 Å². The third-order valence-corrected chi connectivity index (χ3v) is 8.19. The molecule has 156 valence electrons. The molecule has 0 atom stereocenters. The van der Waals surface area contributed by atoms with Crippen LogP contribution in [0.15, 0.2) is 28.3 Å². The van der Waals surface area contributed by atoms with E-state index >= 15 is 0 Å². The van der Waals surface area contributed by atoms with Crippen LogP contribution in [-0.2, 0) is 14.8 Å². The Morgan fingerprint density at radius 3 is 2.59 bits per heavy atom. The van der Waals surface area contributed by atoms with E-state index in [1.54, 1.807) is 22.6 Å². The molecule has 29 heavy (non-hydrogen) atoms. The van der Waals surface area contributed by atoms with E-state index in [1.807, 2.05) is 19.1 Å². The lowest BCUT2D eigenvalue weighted by molar-refractivity contribution is -0.129. The monoisotopic (exact) mass is 436 g/mol. The van der Waals surface area contributed by atoms with Gasteiger partial charge in [0.1, 0.15) is 0 Å². The van der Waals surface area contributed by atoms with Gasteiger partial charge in [-0.2, -0.15) is 4.31 Å². The minimum Gasteiger partial charge on any atom is -0.339 e. The summed E-state index contributed by atoms with van der Waals surface area (Å²) in [7, 11) is -3.56. The van der Waals surface area contributed by atoms with Crippen molar-refractivity contribution in [2.75, 3.05) is 31.9 Å². The second-order valence-electron chi connectivity index (χ2n) is 7.48. The zero-order chi connectivity index (χ0) is 20.6. The highest BCUT2D eigenvalue weighted by Gasteiger charge is 2.32. The van der Waals surface area contributed by atoms with Gasteiger partial charge < -0.3 is 4.90 Å². The van der Waals surface area contributed by atoms with E-state index in [4.69, 9.17) is 0 Å². The summed E-state index contributed by atoms with van der Waals surface area (Å²) in [6.45, 7) is 5.05. The number of hydrogen-bond acceptors (Lipinski definition) is 7. The highest BCUT2D eigenvalue weighted by atomic mass is 32.2. The van der Waals surface area contributed by atoms with Gasteiger partial charge in [-0.1, -0.05) is 23.9 Å².